The molecule has 1 aromatic carbocycles. The molecule has 0 unspecified atom stereocenters. The molecule has 23 heavy (non-hydrogen) atoms. The number of rotatable bonds is 4. The molecule has 2 aliphatic heterocycles. The molecule has 2 fully saturated rings. The Morgan fingerprint density at radius 1 is 1.39 bits per heavy atom. The second-order valence-corrected chi connectivity index (χ2v) is 8.42. The molecule has 1 aromatic rings. The minimum absolute atomic E-state index is 0.259. The molecule has 0 bridgehead atoms. The molecule has 0 aromatic heterocycles. The van der Waals surface area contributed by atoms with E-state index < -0.39 is 10.0 Å². The van der Waals surface area contributed by atoms with E-state index in [1.807, 2.05) is 13.0 Å². The van der Waals surface area contributed by atoms with Crippen molar-refractivity contribution >= 4 is 10.0 Å². The van der Waals surface area contributed by atoms with Crippen LogP contribution in [0.15, 0.2) is 23.1 Å². The normalized spacial score (nSPS) is 28.6. The first-order valence-electron chi connectivity index (χ1n) is 8.23. The third kappa shape index (κ3) is 2.99. The summed E-state index contributed by atoms with van der Waals surface area (Å²) in [7, 11) is -2.02. The fourth-order valence-electron chi connectivity index (χ4n) is 3.82. The Morgan fingerprint density at radius 2 is 2.17 bits per heavy atom. The van der Waals surface area contributed by atoms with E-state index in [1.54, 1.807) is 16.4 Å². The minimum atomic E-state index is -3.53. The highest BCUT2D eigenvalue weighted by atomic mass is 32.2. The van der Waals surface area contributed by atoms with E-state index in [0.717, 1.165) is 18.4 Å². The topological polar surface area (TPSA) is 55.8 Å². The van der Waals surface area contributed by atoms with Gasteiger partial charge in [0.15, 0.2) is 0 Å². The van der Waals surface area contributed by atoms with Gasteiger partial charge in [0.1, 0.15) is 10.6 Å². The van der Waals surface area contributed by atoms with Crippen LogP contribution in [0.25, 0.3) is 0 Å². The van der Waals surface area contributed by atoms with Crippen molar-refractivity contribution in [3.63, 3.8) is 0 Å². The van der Waals surface area contributed by atoms with Crippen LogP contribution >= 0.6 is 0 Å². The largest absolute Gasteiger partial charge is 0.495 e. The Morgan fingerprint density at radius 3 is 2.87 bits per heavy atom. The highest BCUT2D eigenvalue weighted by molar-refractivity contribution is 7.89. The summed E-state index contributed by atoms with van der Waals surface area (Å²) in [5.41, 5.74) is 0.981. The van der Waals surface area contributed by atoms with E-state index >= 15 is 0 Å². The van der Waals surface area contributed by atoms with Gasteiger partial charge < -0.3 is 9.47 Å². The third-order valence-corrected chi connectivity index (χ3v) is 7.00. The summed E-state index contributed by atoms with van der Waals surface area (Å²) in [5.74, 6) is 1.22. The number of methoxy groups -OCH3 is 1. The quantitative estimate of drug-likeness (QED) is 0.845. The van der Waals surface area contributed by atoms with E-state index in [1.165, 1.54) is 7.11 Å². The van der Waals surface area contributed by atoms with Gasteiger partial charge in [-0.2, -0.15) is 4.31 Å². The first-order chi connectivity index (χ1) is 11.0. The molecule has 2 aliphatic rings. The van der Waals surface area contributed by atoms with Gasteiger partial charge in [-0.15, -0.1) is 0 Å². The second-order valence-electron chi connectivity index (χ2n) is 6.51. The SMILES string of the molecule is CC[C@H]1OC[C@H]2CN(S(=O)(=O)c3ccc(C)cc3OC)CC[C@H]21. The minimum Gasteiger partial charge on any atom is -0.495 e. The maximum atomic E-state index is 13.0. The van der Waals surface area contributed by atoms with E-state index in [2.05, 4.69) is 6.92 Å². The summed E-state index contributed by atoms with van der Waals surface area (Å²) in [5, 5.41) is 0. The zero-order chi connectivity index (χ0) is 16.6. The van der Waals surface area contributed by atoms with Gasteiger partial charge in [0.05, 0.1) is 19.8 Å². The molecule has 0 aliphatic carbocycles. The maximum absolute atomic E-state index is 13.0. The van der Waals surface area contributed by atoms with Gasteiger partial charge in [0, 0.05) is 19.0 Å². The molecule has 0 spiro atoms. The van der Waals surface area contributed by atoms with Gasteiger partial charge in [0.2, 0.25) is 10.0 Å². The average Bonchev–Trinajstić information content (AvgIpc) is 2.96. The molecule has 0 saturated carbocycles. The molecule has 128 valence electrons. The van der Waals surface area contributed by atoms with Gasteiger partial charge in [-0.1, -0.05) is 13.0 Å². The molecule has 2 saturated heterocycles. The van der Waals surface area contributed by atoms with Crippen LogP contribution < -0.4 is 4.74 Å². The van der Waals surface area contributed by atoms with Crippen molar-refractivity contribution in [2.24, 2.45) is 11.8 Å². The lowest BCUT2D eigenvalue weighted by atomic mass is 9.84. The molecule has 5 nitrogen and oxygen atoms in total. The molecular weight excluding hydrogens is 314 g/mol. The van der Waals surface area contributed by atoms with Crippen molar-refractivity contribution in [3.8, 4) is 5.75 Å². The number of fused-ring (bicyclic) bond motifs is 1. The van der Waals surface area contributed by atoms with Crippen LogP contribution in [0.3, 0.4) is 0 Å². The molecule has 3 rings (SSSR count). The number of hydrogen-bond acceptors (Lipinski definition) is 4. The van der Waals surface area contributed by atoms with Crippen molar-refractivity contribution < 1.29 is 17.9 Å². The summed E-state index contributed by atoms with van der Waals surface area (Å²) >= 11 is 0. The summed E-state index contributed by atoms with van der Waals surface area (Å²) < 4.78 is 38.8. The fraction of sp³-hybridized carbons (Fsp3) is 0.647. The zero-order valence-electron chi connectivity index (χ0n) is 14.0. The maximum Gasteiger partial charge on any atom is 0.246 e. The van der Waals surface area contributed by atoms with Crippen molar-refractivity contribution in [2.75, 3.05) is 26.8 Å². The number of hydrogen-bond donors (Lipinski definition) is 0. The van der Waals surface area contributed by atoms with Crippen molar-refractivity contribution in [1.82, 2.24) is 4.31 Å². The van der Waals surface area contributed by atoms with Crippen LogP contribution in [0.1, 0.15) is 25.3 Å². The Balaban J connectivity index is 1.84. The summed E-state index contributed by atoms with van der Waals surface area (Å²) in [6.45, 7) is 5.82. The summed E-state index contributed by atoms with van der Waals surface area (Å²) in [6.07, 6.45) is 2.16. The third-order valence-electron chi connectivity index (χ3n) is 5.10. The van der Waals surface area contributed by atoms with Crippen LogP contribution in [0.5, 0.6) is 5.75 Å². The number of ether oxygens (including phenoxy) is 2. The lowest BCUT2D eigenvalue weighted by molar-refractivity contribution is 0.0850. The number of sulfonamides is 1. The molecule has 0 radical (unpaired) electrons. The van der Waals surface area contributed by atoms with Gasteiger partial charge in [-0.25, -0.2) is 8.42 Å². The monoisotopic (exact) mass is 339 g/mol. The Hall–Kier alpha value is -1.11. The predicted molar refractivity (Wildman–Crippen MR) is 88.1 cm³/mol. The standard InChI is InChI=1S/C17H25NO4S/c1-4-15-14-7-8-18(10-13(14)11-22-15)23(19,20)17-6-5-12(2)9-16(17)21-3/h5-6,9,13-15H,4,7-8,10-11H2,1-3H3/t13-,14-,15-/m1/s1. The second kappa shape index (κ2) is 6.42. The molecular formula is C17H25NO4S. The highest BCUT2D eigenvalue weighted by Gasteiger charge is 2.43. The van der Waals surface area contributed by atoms with Crippen LogP contribution in [-0.4, -0.2) is 45.6 Å². The fourth-order valence-corrected chi connectivity index (χ4v) is 5.47. The average molecular weight is 339 g/mol. The number of nitrogens with zero attached hydrogens (tertiary/aromatic N) is 1. The van der Waals surface area contributed by atoms with E-state index in [9.17, 15) is 8.42 Å². The Kier molecular flexibility index (Phi) is 4.67. The number of piperidine rings is 1. The lowest BCUT2D eigenvalue weighted by Crippen LogP contribution is -2.44. The first kappa shape index (κ1) is 16.7. The van der Waals surface area contributed by atoms with Gasteiger partial charge in [0.25, 0.3) is 0 Å². The van der Waals surface area contributed by atoms with Gasteiger partial charge >= 0.3 is 0 Å². The van der Waals surface area contributed by atoms with Crippen LogP contribution in [-0.2, 0) is 14.8 Å². The van der Waals surface area contributed by atoms with Gasteiger partial charge in [-0.3, -0.25) is 0 Å². The van der Waals surface area contributed by atoms with Gasteiger partial charge in [-0.05, 0) is 43.4 Å². The summed E-state index contributed by atoms with van der Waals surface area (Å²) in [6, 6.07) is 5.23. The van der Waals surface area contributed by atoms with E-state index in [0.29, 0.717) is 43.4 Å². The van der Waals surface area contributed by atoms with Crippen LogP contribution in [0.2, 0.25) is 0 Å². The lowest BCUT2D eigenvalue weighted by Gasteiger charge is -2.34. The predicted octanol–water partition coefficient (Wildman–Crippen LogP) is 2.44. The molecule has 3 atom stereocenters. The smallest absolute Gasteiger partial charge is 0.246 e. The summed E-state index contributed by atoms with van der Waals surface area (Å²) in [4.78, 5) is 0.259. The van der Waals surface area contributed by atoms with E-state index in [4.69, 9.17) is 9.47 Å². The zero-order valence-corrected chi connectivity index (χ0v) is 14.8. The van der Waals surface area contributed by atoms with E-state index in [-0.39, 0.29) is 4.90 Å². The van der Waals surface area contributed by atoms with Crippen molar-refractivity contribution in [1.29, 1.82) is 0 Å². The molecule has 0 amide bonds. The van der Waals surface area contributed by atoms with Crippen molar-refractivity contribution in [3.05, 3.63) is 23.8 Å². The molecule has 0 N–H and O–H groups in total. The van der Waals surface area contributed by atoms with Crippen molar-refractivity contribution in [2.45, 2.75) is 37.7 Å². The Labute approximate surface area is 138 Å². The number of aryl methyl sites for hydroxylation is 1. The first-order valence-corrected chi connectivity index (χ1v) is 9.67. The molecule has 6 heteroatoms. The highest BCUT2D eigenvalue weighted by Crippen LogP contribution is 2.38. The number of benzene rings is 1. The molecule has 2 heterocycles. The van der Waals surface area contributed by atoms with Crippen LogP contribution in [0.4, 0.5) is 0 Å². The van der Waals surface area contributed by atoms with Crippen LogP contribution in [0, 0.1) is 18.8 Å². The Bertz CT molecular complexity index is 673.